The van der Waals surface area contributed by atoms with Crippen LogP contribution in [0.5, 0.6) is 11.5 Å². The summed E-state index contributed by atoms with van der Waals surface area (Å²) in [5.41, 5.74) is 8.36. The van der Waals surface area contributed by atoms with E-state index in [0.717, 1.165) is 17.1 Å². The molecule has 3 heteroatoms. The summed E-state index contributed by atoms with van der Waals surface area (Å²) in [6, 6.07) is 5.87. The molecule has 2 N–H and O–H groups in total. The summed E-state index contributed by atoms with van der Waals surface area (Å²) in [7, 11) is 3.38. The van der Waals surface area contributed by atoms with Crippen molar-refractivity contribution in [3.05, 3.63) is 29.3 Å². The number of nitrogens with two attached hydrogens (primary N) is 1. The van der Waals surface area contributed by atoms with E-state index < -0.39 is 0 Å². The van der Waals surface area contributed by atoms with Gasteiger partial charge in [-0.1, -0.05) is 30.9 Å². The number of ether oxygens (including phenoxy) is 2. The maximum absolute atomic E-state index is 5.97. The lowest BCUT2D eigenvalue weighted by Crippen LogP contribution is -2.16. The molecule has 2 rings (SSSR count). The fourth-order valence-electron chi connectivity index (χ4n) is 2.97. The lowest BCUT2D eigenvalue weighted by Gasteiger charge is -2.24. The summed E-state index contributed by atoms with van der Waals surface area (Å²) in [5.74, 6) is 2.34. The monoisotopic (exact) mass is 275 g/mol. The topological polar surface area (TPSA) is 44.5 Å². The fraction of sp³-hybridized carbons (Fsp3) is 0.529. The van der Waals surface area contributed by atoms with Crippen molar-refractivity contribution in [2.75, 3.05) is 20.8 Å². The fourth-order valence-corrected chi connectivity index (χ4v) is 2.97. The molecule has 0 saturated heterocycles. The molecule has 0 aromatic heterocycles. The molecular weight excluding hydrogens is 250 g/mol. The van der Waals surface area contributed by atoms with E-state index in [4.69, 9.17) is 15.2 Å². The minimum Gasteiger partial charge on any atom is -0.497 e. The second-order valence-electron chi connectivity index (χ2n) is 5.37. The third-order valence-electron chi connectivity index (χ3n) is 4.14. The number of hydrogen-bond acceptors (Lipinski definition) is 3. The first-order chi connectivity index (χ1) is 9.78. The molecular formula is C17H25NO2. The Labute approximate surface area is 121 Å². The largest absolute Gasteiger partial charge is 0.497 e. The molecule has 0 atom stereocenters. The molecule has 0 amide bonds. The number of hydrogen-bond donors (Lipinski definition) is 1. The van der Waals surface area contributed by atoms with E-state index in [-0.39, 0.29) is 0 Å². The zero-order valence-corrected chi connectivity index (χ0v) is 12.5. The lowest BCUT2D eigenvalue weighted by atomic mass is 9.83. The van der Waals surface area contributed by atoms with Crippen molar-refractivity contribution < 1.29 is 9.47 Å². The molecule has 110 valence electrons. The van der Waals surface area contributed by atoms with E-state index in [9.17, 15) is 0 Å². The SMILES string of the molecule is COc1ccc(OC)c(/C=C(/CN)C2CCCCC2)c1. The normalized spacial score (nSPS) is 17.1. The van der Waals surface area contributed by atoms with Crippen molar-refractivity contribution >= 4 is 6.08 Å². The van der Waals surface area contributed by atoms with Crippen LogP contribution in [0.2, 0.25) is 0 Å². The Bertz CT molecular complexity index is 462. The Morgan fingerprint density at radius 2 is 1.95 bits per heavy atom. The van der Waals surface area contributed by atoms with Gasteiger partial charge in [-0.2, -0.15) is 0 Å². The van der Waals surface area contributed by atoms with Crippen molar-refractivity contribution in [1.29, 1.82) is 0 Å². The van der Waals surface area contributed by atoms with Crippen LogP contribution in [-0.4, -0.2) is 20.8 Å². The van der Waals surface area contributed by atoms with Crippen LogP contribution in [0.4, 0.5) is 0 Å². The lowest BCUT2D eigenvalue weighted by molar-refractivity contribution is 0.398. The van der Waals surface area contributed by atoms with Crippen molar-refractivity contribution in [1.82, 2.24) is 0 Å². The summed E-state index contributed by atoms with van der Waals surface area (Å²) in [5, 5.41) is 0. The Balaban J connectivity index is 2.29. The molecule has 1 aliphatic carbocycles. The van der Waals surface area contributed by atoms with Crippen LogP contribution in [0, 0.1) is 5.92 Å². The number of methoxy groups -OCH3 is 2. The van der Waals surface area contributed by atoms with Crippen molar-refractivity contribution in [3.8, 4) is 11.5 Å². The van der Waals surface area contributed by atoms with E-state index in [2.05, 4.69) is 6.08 Å². The molecule has 0 unspecified atom stereocenters. The molecule has 20 heavy (non-hydrogen) atoms. The Kier molecular flexibility index (Phi) is 5.48. The average molecular weight is 275 g/mol. The van der Waals surface area contributed by atoms with Crippen LogP contribution in [0.25, 0.3) is 6.08 Å². The van der Waals surface area contributed by atoms with Crippen LogP contribution in [0.3, 0.4) is 0 Å². The highest BCUT2D eigenvalue weighted by molar-refractivity contribution is 5.62. The van der Waals surface area contributed by atoms with Crippen molar-refractivity contribution in [3.63, 3.8) is 0 Å². The Hall–Kier alpha value is -1.48. The summed E-state index contributed by atoms with van der Waals surface area (Å²) in [6.07, 6.45) is 8.70. The van der Waals surface area contributed by atoms with Gasteiger partial charge in [-0.15, -0.1) is 0 Å². The molecule has 1 aromatic rings. The molecule has 0 aliphatic heterocycles. The molecule has 0 heterocycles. The van der Waals surface area contributed by atoms with E-state index in [0.29, 0.717) is 12.5 Å². The third kappa shape index (κ3) is 3.54. The van der Waals surface area contributed by atoms with Gasteiger partial charge in [0.1, 0.15) is 11.5 Å². The zero-order chi connectivity index (χ0) is 14.4. The van der Waals surface area contributed by atoms with Gasteiger partial charge in [-0.25, -0.2) is 0 Å². The highest BCUT2D eigenvalue weighted by Crippen LogP contribution is 2.32. The maximum Gasteiger partial charge on any atom is 0.126 e. The first-order valence-electron chi connectivity index (χ1n) is 7.41. The third-order valence-corrected chi connectivity index (χ3v) is 4.14. The Morgan fingerprint density at radius 3 is 2.55 bits per heavy atom. The molecule has 1 aromatic carbocycles. The molecule has 1 fully saturated rings. The van der Waals surface area contributed by atoms with Crippen LogP contribution in [0.1, 0.15) is 37.7 Å². The molecule has 3 nitrogen and oxygen atoms in total. The van der Waals surface area contributed by atoms with Gasteiger partial charge in [0.15, 0.2) is 0 Å². The summed E-state index contributed by atoms with van der Waals surface area (Å²) >= 11 is 0. The van der Waals surface area contributed by atoms with Gasteiger partial charge in [-0.05, 0) is 37.0 Å². The van der Waals surface area contributed by atoms with Crippen LogP contribution >= 0.6 is 0 Å². The zero-order valence-electron chi connectivity index (χ0n) is 12.5. The molecule has 1 saturated carbocycles. The molecule has 0 radical (unpaired) electrons. The van der Waals surface area contributed by atoms with E-state index in [1.807, 2.05) is 18.2 Å². The van der Waals surface area contributed by atoms with Crippen molar-refractivity contribution in [2.24, 2.45) is 11.7 Å². The Morgan fingerprint density at radius 1 is 1.20 bits per heavy atom. The minimum absolute atomic E-state index is 0.616. The van der Waals surface area contributed by atoms with Crippen LogP contribution in [-0.2, 0) is 0 Å². The molecule has 0 bridgehead atoms. The maximum atomic E-state index is 5.97. The van der Waals surface area contributed by atoms with Gasteiger partial charge < -0.3 is 15.2 Å². The van der Waals surface area contributed by atoms with Crippen molar-refractivity contribution in [2.45, 2.75) is 32.1 Å². The first-order valence-corrected chi connectivity index (χ1v) is 7.41. The summed E-state index contributed by atoms with van der Waals surface area (Å²) in [4.78, 5) is 0. The molecule has 0 spiro atoms. The van der Waals surface area contributed by atoms with Gasteiger partial charge in [0.05, 0.1) is 14.2 Å². The predicted molar refractivity (Wildman–Crippen MR) is 83.2 cm³/mol. The first kappa shape index (κ1) is 14.9. The average Bonchev–Trinajstić information content (AvgIpc) is 2.53. The van der Waals surface area contributed by atoms with Gasteiger partial charge >= 0.3 is 0 Å². The second kappa shape index (κ2) is 7.34. The van der Waals surface area contributed by atoms with Gasteiger partial charge in [0, 0.05) is 12.1 Å². The van der Waals surface area contributed by atoms with E-state index in [1.165, 1.54) is 37.7 Å². The van der Waals surface area contributed by atoms with Crippen LogP contribution < -0.4 is 15.2 Å². The number of rotatable bonds is 5. The second-order valence-corrected chi connectivity index (χ2v) is 5.37. The van der Waals surface area contributed by atoms with E-state index >= 15 is 0 Å². The van der Waals surface area contributed by atoms with Gasteiger partial charge in [0.2, 0.25) is 0 Å². The quantitative estimate of drug-likeness (QED) is 0.892. The molecule has 1 aliphatic rings. The highest BCUT2D eigenvalue weighted by Gasteiger charge is 2.17. The van der Waals surface area contributed by atoms with Gasteiger partial charge in [0.25, 0.3) is 0 Å². The van der Waals surface area contributed by atoms with E-state index in [1.54, 1.807) is 14.2 Å². The van der Waals surface area contributed by atoms with Crippen LogP contribution in [0.15, 0.2) is 23.8 Å². The predicted octanol–water partition coefficient (Wildman–Crippen LogP) is 3.63. The smallest absolute Gasteiger partial charge is 0.126 e. The van der Waals surface area contributed by atoms with Gasteiger partial charge in [-0.3, -0.25) is 0 Å². The standard InChI is InChI=1S/C17H25NO2/c1-19-16-8-9-17(20-2)14(11-16)10-15(12-18)13-6-4-3-5-7-13/h8-11,13H,3-7,12,18H2,1-2H3/b15-10-. The highest BCUT2D eigenvalue weighted by atomic mass is 16.5. The minimum atomic E-state index is 0.616. The number of benzene rings is 1. The summed E-state index contributed by atoms with van der Waals surface area (Å²) in [6.45, 7) is 0.616. The summed E-state index contributed by atoms with van der Waals surface area (Å²) < 4.78 is 10.7.